The number of amides is 2. The van der Waals surface area contributed by atoms with Crippen LogP contribution in [-0.2, 0) is 23.9 Å². The Morgan fingerprint density at radius 1 is 1.30 bits per heavy atom. The highest BCUT2D eigenvalue weighted by Crippen LogP contribution is 2.56. The molecule has 0 saturated heterocycles. The van der Waals surface area contributed by atoms with E-state index in [-0.39, 0.29) is 14.8 Å². The van der Waals surface area contributed by atoms with Gasteiger partial charge in [0.1, 0.15) is 0 Å². The Kier molecular flexibility index (Phi) is 10.0. The molecule has 0 heterocycles. The second-order valence-electron chi connectivity index (χ2n) is 6.84. The highest BCUT2D eigenvalue weighted by Gasteiger charge is 2.59. The second-order valence-corrected chi connectivity index (χ2v) is 10.6. The van der Waals surface area contributed by atoms with Gasteiger partial charge < -0.3 is 26.0 Å². The second kappa shape index (κ2) is 10.7. The monoisotopic (exact) mass is 780 g/mol. The quantitative estimate of drug-likeness (QED) is 0.0956. The molecule has 30 heavy (non-hydrogen) atoms. The molecule has 3 unspecified atom stereocenters. The average Bonchev–Trinajstić information content (AvgIpc) is 2.63. The standard InChI is InChI=1S/C17H20ClI3N2O7/c1-6(30-7(2)26)13(27)23-10-9(19)8(16(3,4-24)5-25)11(20)17(12(10)21,14(18)28)15(22)29/h6,12,24-25H,4-5H2,1-3H3,(H2,22,29)(H,23,27). The van der Waals surface area contributed by atoms with Crippen molar-refractivity contribution < 1.29 is 34.1 Å². The summed E-state index contributed by atoms with van der Waals surface area (Å²) in [5, 5.41) is 21.4. The predicted molar refractivity (Wildman–Crippen MR) is 134 cm³/mol. The van der Waals surface area contributed by atoms with Crippen molar-refractivity contribution in [2.24, 2.45) is 16.6 Å². The number of esters is 1. The minimum atomic E-state index is -2.05. The lowest BCUT2D eigenvalue weighted by Gasteiger charge is -2.43. The van der Waals surface area contributed by atoms with Crippen LogP contribution in [0, 0.1) is 10.8 Å². The first-order valence-electron chi connectivity index (χ1n) is 8.36. The fraction of sp³-hybridized carbons (Fsp3) is 0.529. The maximum Gasteiger partial charge on any atom is 0.303 e. The van der Waals surface area contributed by atoms with Gasteiger partial charge in [-0.25, -0.2) is 0 Å². The minimum absolute atomic E-state index is 0.122. The van der Waals surface area contributed by atoms with Crippen LogP contribution in [-0.4, -0.2) is 56.5 Å². The van der Waals surface area contributed by atoms with E-state index in [0.29, 0.717) is 3.58 Å². The van der Waals surface area contributed by atoms with Crippen LogP contribution in [0.2, 0.25) is 0 Å². The Morgan fingerprint density at radius 2 is 1.80 bits per heavy atom. The molecule has 2 amide bonds. The Labute approximate surface area is 219 Å². The van der Waals surface area contributed by atoms with Crippen molar-refractivity contribution in [3.8, 4) is 0 Å². The molecule has 1 aliphatic rings. The molecule has 1 rings (SSSR count). The first kappa shape index (κ1) is 28.0. The van der Waals surface area contributed by atoms with Gasteiger partial charge in [-0.3, -0.25) is 19.2 Å². The van der Waals surface area contributed by atoms with Crippen LogP contribution >= 0.6 is 79.4 Å². The highest BCUT2D eigenvalue weighted by atomic mass is 127. The van der Waals surface area contributed by atoms with E-state index in [1.807, 2.05) is 22.6 Å². The lowest BCUT2D eigenvalue weighted by atomic mass is 9.71. The molecule has 13 heteroatoms. The lowest BCUT2D eigenvalue weighted by molar-refractivity contribution is -0.152. The van der Waals surface area contributed by atoms with Gasteiger partial charge in [-0.15, -0.1) is 0 Å². The Bertz CT molecular complexity index is 825. The molecule has 0 spiro atoms. The Balaban J connectivity index is 3.81. The number of rotatable bonds is 8. The zero-order valence-corrected chi connectivity index (χ0v) is 23.3. The summed E-state index contributed by atoms with van der Waals surface area (Å²) in [7, 11) is 0. The molecule has 0 aromatic heterocycles. The largest absolute Gasteiger partial charge is 0.453 e. The zero-order valence-electron chi connectivity index (χ0n) is 16.1. The minimum Gasteiger partial charge on any atom is -0.453 e. The van der Waals surface area contributed by atoms with Gasteiger partial charge in [0.15, 0.2) is 11.5 Å². The van der Waals surface area contributed by atoms with E-state index < -0.39 is 57.1 Å². The van der Waals surface area contributed by atoms with Crippen molar-refractivity contribution in [2.45, 2.75) is 30.8 Å². The average molecular weight is 781 g/mol. The lowest BCUT2D eigenvalue weighted by Crippen LogP contribution is -2.55. The third kappa shape index (κ3) is 4.97. The van der Waals surface area contributed by atoms with E-state index in [1.54, 1.807) is 45.2 Å². The van der Waals surface area contributed by atoms with Gasteiger partial charge in [-0.2, -0.15) is 0 Å². The summed E-state index contributed by atoms with van der Waals surface area (Å²) < 4.78 is 4.39. The predicted octanol–water partition coefficient (Wildman–Crippen LogP) is 1.44. The van der Waals surface area contributed by atoms with E-state index in [0.717, 1.165) is 6.92 Å². The topological polar surface area (TPSA) is 156 Å². The Hall–Kier alpha value is -0.0400. The van der Waals surface area contributed by atoms with Crippen LogP contribution in [0.5, 0.6) is 0 Å². The van der Waals surface area contributed by atoms with Gasteiger partial charge in [0.05, 0.1) is 17.1 Å². The number of nitrogens with two attached hydrogens (primary N) is 1. The van der Waals surface area contributed by atoms with Crippen LogP contribution in [0.4, 0.5) is 0 Å². The number of halogens is 4. The molecular weight excluding hydrogens is 760 g/mol. The van der Waals surface area contributed by atoms with Gasteiger partial charge in [-0.1, -0.05) is 29.5 Å². The fourth-order valence-corrected chi connectivity index (χ4v) is 9.60. The molecule has 1 aliphatic carbocycles. The van der Waals surface area contributed by atoms with Crippen LogP contribution in [0.1, 0.15) is 20.8 Å². The van der Waals surface area contributed by atoms with E-state index in [4.69, 9.17) is 22.1 Å². The number of alkyl halides is 1. The summed E-state index contributed by atoms with van der Waals surface area (Å²) >= 11 is 11.3. The smallest absolute Gasteiger partial charge is 0.303 e. The van der Waals surface area contributed by atoms with Gasteiger partial charge in [-0.05, 0) is 69.3 Å². The molecule has 0 aliphatic heterocycles. The van der Waals surface area contributed by atoms with Crippen molar-refractivity contribution in [1.29, 1.82) is 0 Å². The molecular formula is C17H20ClI3N2O7. The van der Waals surface area contributed by atoms with E-state index in [2.05, 4.69) is 5.32 Å². The van der Waals surface area contributed by atoms with Crippen molar-refractivity contribution in [3.05, 3.63) is 18.4 Å². The number of aliphatic hydroxyl groups excluding tert-OH is 2. The molecule has 0 saturated carbocycles. The number of hydrogen-bond donors (Lipinski definition) is 4. The number of carbonyl (C=O) groups is 4. The highest BCUT2D eigenvalue weighted by molar-refractivity contribution is 14.1. The first-order chi connectivity index (χ1) is 13.7. The summed E-state index contributed by atoms with van der Waals surface area (Å²) in [5.41, 5.74) is 2.66. The molecule has 9 nitrogen and oxygen atoms in total. The number of carbonyl (C=O) groups excluding carboxylic acids is 4. The van der Waals surface area contributed by atoms with Crippen molar-refractivity contribution >= 4 is 102 Å². The summed E-state index contributed by atoms with van der Waals surface area (Å²) in [5.74, 6) is -2.42. The van der Waals surface area contributed by atoms with Gasteiger partial charge in [0.25, 0.3) is 5.91 Å². The number of hydrogen-bond acceptors (Lipinski definition) is 7. The zero-order chi connectivity index (χ0) is 23.6. The number of nitrogens with one attached hydrogen (secondary N) is 1. The number of aliphatic hydroxyl groups is 2. The molecule has 168 valence electrons. The van der Waals surface area contributed by atoms with Gasteiger partial charge >= 0.3 is 5.97 Å². The van der Waals surface area contributed by atoms with E-state index in [1.165, 1.54) is 13.8 Å². The molecule has 0 fully saturated rings. The normalized spacial score (nSPS) is 23.2. The summed E-state index contributed by atoms with van der Waals surface area (Å²) in [6.45, 7) is 2.98. The maximum atomic E-state index is 12.6. The van der Waals surface area contributed by atoms with Crippen molar-refractivity contribution in [1.82, 2.24) is 5.32 Å². The van der Waals surface area contributed by atoms with Crippen LogP contribution in [0.25, 0.3) is 0 Å². The molecule has 5 N–H and O–H groups in total. The third-order valence-electron chi connectivity index (χ3n) is 4.63. The fourth-order valence-electron chi connectivity index (χ4n) is 2.78. The molecule has 0 bridgehead atoms. The summed E-state index contributed by atoms with van der Waals surface area (Å²) in [6, 6.07) is 0. The Morgan fingerprint density at radius 3 is 2.17 bits per heavy atom. The van der Waals surface area contributed by atoms with Gasteiger partial charge in [0, 0.05) is 25.2 Å². The van der Waals surface area contributed by atoms with Crippen molar-refractivity contribution in [2.75, 3.05) is 13.2 Å². The molecule has 0 aromatic rings. The summed E-state index contributed by atoms with van der Waals surface area (Å²) in [6.07, 6.45) is -1.16. The van der Waals surface area contributed by atoms with Gasteiger partial charge in [0.2, 0.25) is 11.1 Å². The van der Waals surface area contributed by atoms with E-state index in [9.17, 15) is 29.4 Å². The number of allylic oxidation sites excluding steroid dienone is 2. The SMILES string of the molecule is CC(=O)OC(C)C(=O)NC1=C(I)C(C(C)(CO)CO)=C(I)C(C(N)=O)(C(=O)Cl)C1I. The van der Waals surface area contributed by atoms with Crippen LogP contribution in [0.15, 0.2) is 18.4 Å². The molecule has 0 aromatic carbocycles. The number of ether oxygens (including phenoxy) is 1. The molecule has 0 radical (unpaired) electrons. The maximum absolute atomic E-state index is 12.6. The van der Waals surface area contributed by atoms with E-state index >= 15 is 0 Å². The van der Waals surface area contributed by atoms with Crippen LogP contribution < -0.4 is 11.1 Å². The van der Waals surface area contributed by atoms with Crippen LogP contribution in [0.3, 0.4) is 0 Å². The first-order valence-corrected chi connectivity index (χ1v) is 12.1. The number of primary amides is 1. The van der Waals surface area contributed by atoms with Crippen molar-refractivity contribution in [3.63, 3.8) is 0 Å². The molecule has 3 atom stereocenters. The summed E-state index contributed by atoms with van der Waals surface area (Å²) in [4.78, 5) is 48.8. The third-order valence-corrected chi connectivity index (χ3v) is 8.99.